The molecule has 0 saturated heterocycles. The molecule has 0 aliphatic rings. The van der Waals surface area contributed by atoms with Crippen LogP contribution < -0.4 is 5.73 Å². The molecule has 0 fully saturated rings. The first-order valence-electron chi connectivity index (χ1n) is 5.18. The van der Waals surface area contributed by atoms with Gasteiger partial charge in [0.25, 0.3) is 0 Å². The van der Waals surface area contributed by atoms with Crippen LogP contribution >= 0.6 is 0 Å². The Morgan fingerprint density at radius 3 is 2.60 bits per heavy atom. The number of carbonyl (C=O) groups excluding carboxylic acids is 1. The van der Waals surface area contributed by atoms with Crippen LogP contribution in [0, 0.1) is 5.92 Å². The predicted octanol–water partition coefficient (Wildman–Crippen LogP) is -0.0881. The molecule has 0 aromatic heterocycles. The van der Waals surface area contributed by atoms with E-state index in [1.165, 1.54) is 0 Å². The average molecular weight is 219 g/mol. The van der Waals surface area contributed by atoms with Crippen molar-refractivity contribution < 1.29 is 19.4 Å². The van der Waals surface area contributed by atoms with Gasteiger partial charge in [0.15, 0.2) is 0 Å². The SMILES string of the molecule is CC(C)COCCOC(=O)C(N)CCO. The third-order valence-corrected chi connectivity index (χ3v) is 1.67. The van der Waals surface area contributed by atoms with Gasteiger partial charge in [0.1, 0.15) is 12.6 Å². The van der Waals surface area contributed by atoms with Crippen LogP contribution in [0.25, 0.3) is 0 Å². The van der Waals surface area contributed by atoms with E-state index in [1.54, 1.807) is 0 Å². The molecule has 5 heteroatoms. The Balaban J connectivity index is 3.38. The lowest BCUT2D eigenvalue weighted by Gasteiger charge is -2.11. The van der Waals surface area contributed by atoms with Crippen LogP contribution in [0.3, 0.4) is 0 Å². The highest BCUT2D eigenvalue weighted by molar-refractivity contribution is 5.75. The molecule has 0 spiro atoms. The minimum absolute atomic E-state index is 0.111. The number of hydrogen-bond donors (Lipinski definition) is 2. The zero-order valence-electron chi connectivity index (χ0n) is 9.44. The molecular weight excluding hydrogens is 198 g/mol. The number of aliphatic hydroxyl groups is 1. The fourth-order valence-corrected chi connectivity index (χ4v) is 0.884. The van der Waals surface area contributed by atoms with E-state index in [4.69, 9.17) is 20.3 Å². The van der Waals surface area contributed by atoms with Gasteiger partial charge in [-0.3, -0.25) is 4.79 Å². The Kier molecular flexibility index (Phi) is 8.27. The minimum Gasteiger partial charge on any atom is -0.462 e. The Bertz CT molecular complexity index is 173. The van der Waals surface area contributed by atoms with Crippen molar-refractivity contribution in [3.05, 3.63) is 0 Å². The quantitative estimate of drug-likeness (QED) is 0.440. The molecule has 0 bridgehead atoms. The van der Waals surface area contributed by atoms with Crippen LogP contribution in [0.1, 0.15) is 20.3 Å². The van der Waals surface area contributed by atoms with Gasteiger partial charge in [0.05, 0.1) is 6.61 Å². The second-order valence-electron chi connectivity index (χ2n) is 3.76. The molecule has 0 aromatic rings. The highest BCUT2D eigenvalue weighted by atomic mass is 16.6. The Hall–Kier alpha value is -0.650. The summed E-state index contributed by atoms with van der Waals surface area (Å²) in [5.74, 6) is -0.0189. The van der Waals surface area contributed by atoms with Crippen molar-refractivity contribution in [1.29, 1.82) is 0 Å². The largest absolute Gasteiger partial charge is 0.462 e. The third kappa shape index (κ3) is 8.35. The normalized spacial score (nSPS) is 12.9. The molecule has 3 N–H and O–H groups in total. The second kappa shape index (κ2) is 8.64. The van der Waals surface area contributed by atoms with Crippen LogP contribution in [-0.4, -0.2) is 43.5 Å². The minimum atomic E-state index is -0.736. The summed E-state index contributed by atoms with van der Waals surface area (Å²) >= 11 is 0. The van der Waals surface area contributed by atoms with E-state index in [0.29, 0.717) is 19.1 Å². The van der Waals surface area contributed by atoms with Crippen molar-refractivity contribution in [3.8, 4) is 0 Å². The predicted molar refractivity (Wildman–Crippen MR) is 56.3 cm³/mol. The van der Waals surface area contributed by atoms with Gasteiger partial charge in [0, 0.05) is 13.2 Å². The molecule has 0 aromatic carbocycles. The topological polar surface area (TPSA) is 81.8 Å². The Morgan fingerprint density at radius 1 is 1.40 bits per heavy atom. The zero-order valence-corrected chi connectivity index (χ0v) is 9.44. The molecule has 0 aliphatic heterocycles. The number of carbonyl (C=O) groups is 1. The lowest BCUT2D eigenvalue weighted by molar-refractivity contribution is -0.147. The van der Waals surface area contributed by atoms with Gasteiger partial charge in [-0.05, 0) is 12.3 Å². The van der Waals surface area contributed by atoms with Gasteiger partial charge < -0.3 is 20.3 Å². The van der Waals surface area contributed by atoms with Gasteiger partial charge >= 0.3 is 5.97 Å². The fourth-order valence-electron chi connectivity index (χ4n) is 0.884. The van der Waals surface area contributed by atoms with Gasteiger partial charge in [-0.2, -0.15) is 0 Å². The maximum absolute atomic E-state index is 11.1. The number of nitrogens with two attached hydrogens (primary N) is 1. The van der Waals surface area contributed by atoms with Crippen LogP contribution in [-0.2, 0) is 14.3 Å². The molecular formula is C10H21NO4. The van der Waals surface area contributed by atoms with Crippen molar-refractivity contribution in [2.24, 2.45) is 11.7 Å². The highest BCUT2D eigenvalue weighted by Gasteiger charge is 2.13. The molecule has 0 heterocycles. The van der Waals surface area contributed by atoms with Gasteiger partial charge in [-0.1, -0.05) is 13.8 Å². The molecule has 0 radical (unpaired) electrons. The first kappa shape index (κ1) is 14.3. The first-order valence-corrected chi connectivity index (χ1v) is 5.18. The lowest BCUT2D eigenvalue weighted by Crippen LogP contribution is -2.33. The van der Waals surface area contributed by atoms with E-state index in [0.717, 1.165) is 0 Å². The molecule has 0 saturated carbocycles. The number of ether oxygens (including phenoxy) is 2. The summed E-state index contributed by atoms with van der Waals surface area (Å²) in [5.41, 5.74) is 5.42. The maximum Gasteiger partial charge on any atom is 0.323 e. The Labute approximate surface area is 90.5 Å². The van der Waals surface area contributed by atoms with Crippen LogP contribution in [0.15, 0.2) is 0 Å². The monoisotopic (exact) mass is 219 g/mol. The van der Waals surface area contributed by atoms with E-state index in [9.17, 15) is 4.79 Å². The number of hydrogen-bond acceptors (Lipinski definition) is 5. The molecule has 1 unspecified atom stereocenters. The van der Waals surface area contributed by atoms with Crippen molar-refractivity contribution in [1.82, 2.24) is 0 Å². The van der Waals surface area contributed by atoms with Crippen molar-refractivity contribution in [2.45, 2.75) is 26.3 Å². The van der Waals surface area contributed by atoms with E-state index in [-0.39, 0.29) is 19.6 Å². The average Bonchev–Trinajstić information content (AvgIpc) is 2.16. The summed E-state index contributed by atoms with van der Waals surface area (Å²) in [5, 5.41) is 8.54. The second-order valence-corrected chi connectivity index (χ2v) is 3.76. The van der Waals surface area contributed by atoms with Gasteiger partial charge in [-0.15, -0.1) is 0 Å². The smallest absolute Gasteiger partial charge is 0.323 e. The molecule has 1 atom stereocenters. The highest BCUT2D eigenvalue weighted by Crippen LogP contribution is 1.94. The maximum atomic E-state index is 11.1. The van der Waals surface area contributed by atoms with Crippen molar-refractivity contribution in [3.63, 3.8) is 0 Å². The van der Waals surface area contributed by atoms with E-state index in [2.05, 4.69) is 0 Å². The summed E-state index contributed by atoms with van der Waals surface area (Å²) < 4.78 is 10.1. The summed E-state index contributed by atoms with van der Waals surface area (Å²) in [6.07, 6.45) is 0.228. The lowest BCUT2D eigenvalue weighted by atomic mass is 10.2. The molecule has 0 aliphatic carbocycles. The summed E-state index contributed by atoms with van der Waals surface area (Å²) in [6, 6.07) is -0.736. The molecule has 5 nitrogen and oxygen atoms in total. The molecule has 0 amide bonds. The molecule has 0 rings (SSSR count). The van der Waals surface area contributed by atoms with Crippen molar-refractivity contribution >= 4 is 5.97 Å². The fraction of sp³-hybridized carbons (Fsp3) is 0.900. The number of esters is 1. The zero-order chi connectivity index (χ0) is 11.7. The van der Waals surface area contributed by atoms with Gasteiger partial charge in [-0.25, -0.2) is 0 Å². The number of rotatable bonds is 8. The van der Waals surface area contributed by atoms with E-state index in [1.807, 2.05) is 13.8 Å². The third-order valence-electron chi connectivity index (χ3n) is 1.67. The van der Waals surface area contributed by atoms with Gasteiger partial charge in [0.2, 0.25) is 0 Å². The van der Waals surface area contributed by atoms with Crippen LogP contribution in [0.5, 0.6) is 0 Å². The standard InChI is InChI=1S/C10H21NO4/c1-8(2)7-14-5-6-15-10(13)9(11)3-4-12/h8-9,12H,3-7,11H2,1-2H3. The first-order chi connectivity index (χ1) is 7.07. The summed E-state index contributed by atoms with van der Waals surface area (Å²) in [4.78, 5) is 11.1. The Morgan fingerprint density at radius 2 is 2.07 bits per heavy atom. The van der Waals surface area contributed by atoms with Crippen LogP contribution in [0.2, 0.25) is 0 Å². The summed E-state index contributed by atoms with van der Waals surface area (Å²) in [7, 11) is 0. The number of aliphatic hydroxyl groups excluding tert-OH is 1. The van der Waals surface area contributed by atoms with Crippen molar-refractivity contribution in [2.75, 3.05) is 26.4 Å². The van der Waals surface area contributed by atoms with Crippen LogP contribution in [0.4, 0.5) is 0 Å². The molecule has 15 heavy (non-hydrogen) atoms. The summed E-state index contributed by atoms with van der Waals surface area (Å²) in [6.45, 7) is 5.23. The van der Waals surface area contributed by atoms with E-state index < -0.39 is 12.0 Å². The van der Waals surface area contributed by atoms with E-state index >= 15 is 0 Å². The molecule has 90 valence electrons.